The van der Waals surface area contributed by atoms with Crippen LogP contribution in [0.1, 0.15) is 16.7 Å². The lowest BCUT2D eigenvalue weighted by Gasteiger charge is -2.07. The molecule has 1 amide bonds. The maximum Gasteiger partial charge on any atom is 0.416 e. The van der Waals surface area contributed by atoms with Gasteiger partial charge in [-0.25, -0.2) is 0 Å². The van der Waals surface area contributed by atoms with E-state index in [0.717, 1.165) is 12.1 Å². The van der Waals surface area contributed by atoms with Crippen molar-refractivity contribution in [2.24, 2.45) is 5.73 Å². The Bertz CT molecular complexity index is 817. The minimum absolute atomic E-state index is 0.222. The molecule has 4 nitrogen and oxygen atoms in total. The summed E-state index contributed by atoms with van der Waals surface area (Å²) in [5.74, 6) is -0.165. The monoisotopic (exact) mass is 346 g/mol. The zero-order valence-corrected chi connectivity index (χ0v) is 12.9. The average molecular weight is 346 g/mol. The van der Waals surface area contributed by atoms with Gasteiger partial charge in [-0.2, -0.15) is 18.4 Å². The maximum atomic E-state index is 12.6. The molecule has 0 saturated heterocycles. The van der Waals surface area contributed by atoms with Crippen molar-refractivity contribution in [1.29, 1.82) is 5.26 Å². The van der Waals surface area contributed by atoms with Crippen LogP contribution in [0.5, 0.6) is 5.75 Å². The standard InChI is InChI=1S/C18H13F3N2O2/c19-18(20,21)15-5-3-13(4-6-15)14(10-22)9-12-1-7-16(8-2-12)25-11-17(23)24/h1-9H,11H2,(H2,23,24)/b14-9-. The Balaban J connectivity index is 2.20. The van der Waals surface area contributed by atoms with Gasteiger partial charge in [0.25, 0.3) is 5.91 Å². The molecule has 0 atom stereocenters. The summed E-state index contributed by atoms with van der Waals surface area (Å²) in [6, 6.07) is 12.8. The SMILES string of the molecule is N#C/C(=C/c1ccc(OCC(N)=O)cc1)c1ccc(C(F)(F)F)cc1. The average Bonchev–Trinajstić information content (AvgIpc) is 2.58. The molecule has 0 aliphatic rings. The second kappa shape index (κ2) is 7.53. The quantitative estimate of drug-likeness (QED) is 0.663. The second-order valence-corrected chi connectivity index (χ2v) is 5.07. The van der Waals surface area contributed by atoms with Gasteiger partial charge in [0, 0.05) is 0 Å². The molecule has 0 fully saturated rings. The number of carbonyl (C=O) groups excluding carboxylic acids is 1. The molecule has 0 aliphatic heterocycles. The molecule has 0 aliphatic carbocycles. The third-order valence-corrected chi connectivity index (χ3v) is 3.22. The lowest BCUT2D eigenvalue weighted by molar-refractivity contribution is -0.137. The van der Waals surface area contributed by atoms with Gasteiger partial charge in [0.15, 0.2) is 6.61 Å². The van der Waals surface area contributed by atoms with Crippen molar-refractivity contribution in [1.82, 2.24) is 0 Å². The van der Waals surface area contributed by atoms with Crippen molar-refractivity contribution in [2.45, 2.75) is 6.18 Å². The largest absolute Gasteiger partial charge is 0.484 e. The van der Waals surface area contributed by atoms with Gasteiger partial charge < -0.3 is 10.5 Å². The van der Waals surface area contributed by atoms with E-state index in [9.17, 15) is 23.2 Å². The van der Waals surface area contributed by atoms with Gasteiger partial charge in [-0.15, -0.1) is 0 Å². The van der Waals surface area contributed by atoms with Crippen LogP contribution >= 0.6 is 0 Å². The fourth-order valence-electron chi connectivity index (χ4n) is 2.00. The molecule has 25 heavy (non-hydrogen) atoms. The Hall–Kier alpha value is -3.27. The number of nitrogens with zero attached hydrogens (tertiary/aromatic N) is 1. The Labute approximate surface area is 141 Å². The van der Waals surface area contributed by atoms with Crippen molar-refractivity contribution in [2.75, 3.05) is 6.61 Å². The third-order valence-electron chi connectivity index (χ3n) is 3.22. The minimum Gasteiger partial charge on any atom is -0.484 e. The predicted octanol–water partition coefficient (Wildman–Crippen LogP) is 3.63. The predicted molar refractivity (Wildman–Crippen MR) is 86.1 cm³/mol. The van der Waals surface area contributed by atoms with E-state index in [1.165, 1.54) is 12.1 Å². The number of alkyl halides is 3. The molecule has 2 rings (SSSR count). The first-order chi connectivity index (χ1) is 11.8. The number of primary amides is 1. The van der Waals surface area contributed by atoms with Crippen molar-refractivity contribution in [3.05, 3.63) is 65.2 Å². The van der Waals surface area contributed by atoms with Crippen LogP contribution in [0, 0.1) is 11.3 Å². The van der Waals surface area contributed by atoms with E-state index >= 15 is 0 Å². The van der Waals surface area contributed by atoms with E-state index in [1.54, 1.807) is 30.3 Å². The zero-order valence-electron chi connectivity index (χ0n) is 12.9. The van der Waals surface area contributed by atoms with E-state index in [2.05, 4.69) is 0 Å². The topological polar surface area (TPSA) is 76.1 Å². The molecule has 0 radical (unpaired) electrons. The number of nitriles is 1. The van der Waals surface area contributed by atoms with Gasteiger partial charge >= 0.3 is 6.18 Å². The number of nitrogens with two attached hydrogens (primary N) is 1. The van der Waals surface area contributed by atoms with Gasteiger partial charge in [0.2, 0.25) is 0 Å². The summed E-state index contributed by atoms with van der Waals surface area (Å²) in [6.07, 6.45) is -2.88. The van der Waals surface area contributed by atoms with Crippen LogP contribution < -0.4 is 10.5 Å². The van der Waals surface area contributed by atoms with Crippen molar-refractivity contribution in [3.63, 3.8) is 0 Å². The summed E-state index contributed by atoms with van der Waals surface area (Å²) in [4.78, 5) is 10.6. The van der Waals surface area contributed by atoms with E-state index in [4.69, 9.17) is 10.5 Å². The minimum atomic E-state index is -4.42. The van der Waals surface area contributed by atoms with Gasteiger partial charge in [-0.1, -0.05) is 24.3 Å². The van der Waals surface area contributed by atoms with Crippen LogP contribution in [0.15, 0.2) is 48.5 Å². The molecule has 0 heterocycles. The molecule has 0 bridgehead atoms. The molecule has 7 heteroatoms. The van der Waals surface area contributed by atoms with E-state index in [1.807, 2.05) is 6.07 Å². The number of halogens is 3. The van der Waals surface area contributed by atoms with Crippen LogP contribution in [0.25, 0.3) is 11.6 Å². The first-order valence-corrected chi connectivity index (χ1v) is 7.10. The number of allylic oxidation sites excluding steroid dienone is 1. The zero-order chi connectivity index (χ0) is 18.4. The van der Waals surface area contributed by atoms with Crippen molar-refractivity contribution >= 4 is 17.6 Å². The molecule has 0 saturated carbocycles. The molecule has 0 aromatic heterocycles. The van der Waals surface area contributed by atoms with Crippen LogP contribution in [-0.4, -0.2) is 12.5 Å². The molecule has 0 unspecified atom stereocenters. The van der Waals surface area contributed by atoms with Crippen molar-refractivity contribution < 1.29 is 22.7 Å². The van der Waals surface area contributed by atoms with E-state index in [-0.39, 0.29) is 12.2 Å². The molecule has 2 aromatic carbocycles. The van der Waals surface area contributed by atoms with Crippen LogP contribution in [0.3, 0.4) is 0 Å². The summed E-state index contributed by atoms with van der Waals surface area (Å²) in [5.41, 5.74) is 5.46. The summed E-state index contributed by atoms with van der Waals surface area (Å²) in [7, 11) is 0. The van der Waals surface area contributed by atoms with Crippen molar-refractivity contribution in [3.8, 4) is 11.8 Å². The third kappa shape index (κ3) is 5.11. The van der Waals surface area contributed by atoms with Gasteiger partial charge in [0.1, 0.15) is 5.75 Å². The van der Waals surface area contributed by atoms with Gasteiger partial charge in [0.05, 0.1) is 17.2 Å². The van der Waals surface area contributed by atoms with Crippen LogP contribution in [0.2, 0.25) is 0 Å². The Kier molecular flexibility index (Phi) is 5.45. The van der Waals surface area contributed by atoms with E-state index in [0.29, 0.717) is 16.9 Å². The summed E-state index contributed by atoms with van der Waals surface area (Å²) in [6.45, 7) is -0.246. The highest BCUT2D eigenvalue weighted by atomic mass is 19.4. The fraction of sp³-hybridized carbons (Fsp3) is 0.111. The maximum absolute atomic E-state index is 12.6. The number of hydrogen-bond donors (Lipinski definition) is 1. The number of carbonyl (C=O) groups is 1. The number of hydrogen-bond acceptors (Lipinski definition) is 3. The van der Waals surface area contributed by atoms with Gasteiger partial charge in [-0.05, 0) is 41.5 Å². The highest BCUT2D eigenvalue weighted by molar-refractivity contribution is 5.89. The summed E-state index contributed by atoms with van der Waals surface area (Å²) in [5, 5.41) is 9.25. The Morgan fingerprint density at radius 2 is 1.72 bits per heavy atom. The lowest BCUT2D eigenvalue weighted by Crippen LogP contribution is -2.19. The molecule has 2 aromatic rings. The molecule has 2 N–H and O–H groups in total. The smallest absolute Gasteiger partial charge is 0.416 e. The number of rotatable bonds is 5. The second-order valence-electron chi connectivity index (χ2n) is 5.07. The highest BCUT2D eigenvalue weighted by Crippen LogP contribution is 2.30. The first kappa shape index (κ1) is 18.1. The Morgan fingerprint density at radius 1 is 1.12 bits per heavy atom. The number of amides is 1. The number of ether oxygens (including phenoxy) is 1. The van der Waals surface area contributed by atoms with Gasteiger partial charge in [-0.3, -0.25) is 4.79 Å². The normalized spacial score (nSPS) is 11.7. The molecular weight excluding hydrogens is 333 g/mol. The fourth-order valence-corrected chi connectivity index (χ4v) is 2.00. The summed E-state index contributed by atoms with van der Waals surface area (Å²) >= 11 is 0. The highest BCUT2D eigenvalue weighted by Gasteiger charge is 2.30. The van der Waals surface area contributed by atoms with Crippen LogP contribution in [0.4, 0.5) is 13.2 Å². The molecule has 0 spiro atoms. The summed E-state index contributed by atoms with van der Waals surface area (Å²) < 4.78 is 42.9. The molecule has 128 valence electrons. The molecular formula is C18H13F3N2O2. The Morgan fingerprint density at radius 3 is 2.20 bits per heavy atom. The lowest BCUT2D eigenvalue weighted by atomic mass is 10.0. The first-order valence-electron chi connectivity index (χ1n) is 7.10. The number of benzene rings is 2. The van der Waals surface area contributed by atoms with Crippen LogP contribution in [-0.2, 0) is 11.0 Å². The van der Waals surface area contributed by atoms with E-state index < -0.39 is 17.6 Å².